The maximum Gasteiger partial charge on any atom is 0.331 e. The van der Waals surface area contributed by atoms with Crippen molar-refractivity contribution in [3.05, 3.63) is 54.1 Å². The van der Waals surface area contributed by atoms with Gasteiger partial charge < -0.3 is 14.8 Å². The molecule has 0 spiro atoms. The number of hydrogen-bond donors (Lipinski definition) is 1. The largest absolute Gasteiger partial charge is 0.496 e. The van der Waals surface area contributed by atoms with Crippen LogP contribution in [0.25, 0.3) is 0 Å². The fourth-order valence-corrected chi connectivity index (χ4v) is 1.73. The van der Waals surface area contributed by atoms with Crippen molar-refractivity contribution in [2.45, 2.75) is 13.3 Å². The van der Waals surface area contributed by atoms with Gasteiger partial charge in [-0.25, -0.2) is 4.79 Å². The predicted molar refractivity (Wildman–Crippen MR) is 84.6 cm³/mol. The average molecular weight is 303 g/mol. The molecule has 0 aliphatic carbocycles. The van der Waals surface area contributed by atoms with Gasteiger partial charge in [0.2, 0.25) is 0 Å². The van der Waals surface area contributed by atoms with Crippen LogP contribution in [0.4, 0.5) is 0 Å². The van der Waals surface area contributed by atoms with Gasteiger partial charge in [0.25, 0.3) is 5.91 Å². The number of amides is 1. The van der Waals surface area contributed by atoms with Crippen LogP contribution < -0.4 is 10.1 Å². The highest BCUT2D eigenvalue weighted by Crippen LogP contribution is 2.17. The van der Waals surface area contributed by atoms with Gasteiger partial charge in [-0.3, -0.25) is 4.79 Å². The molecule has 1 aromatic carbocycles. The molecule has 1 rings (SSSR count). The molecule has 0 atom stereocenters. The number of carbonyl (C=O) groups is 2. The van der Waals surface area contributed by atoms with Gasteiger partial charge >= 0.3 is 5.97 Å². The molecule has 5 heteroatoms. The SMILES string of the molecule is C/C=C/C=C/C(=O)OCC(=O)NCCc1ccccc1OC. The summed E-state index contributed by atoms with van der Waals surface area (Å²) in [6, 6.07) is 7.62. The third-order valence-electron chi connectivity index (χ3n) is 2.79. The van der Waals surface area contributed by atoms with Crippen molar-refractivity contribution < 1.29 is 19.1 Å². The summed E-state index contributed by atoms with van der Waals surface area (Å²) < 4.78 is 10.0. The molecule has 0 heterocycles. The second-order valence-electron chi connectivity index (χ2n) is 4.40. The maximum atomic E-state index is 11.6. The highest BCUT2D eigenvalue weighted by Gasteiger charge is 2.06. The third kappa shape index (κ3) is 6.74. The lowest BCUT2D eigenvalue weighted by molar-refractivity contribution is -0.143. The molecule has 5 nitrogen and oxygen atoms in total. The number of ether oxygens (including phenoxy) is 2. The summed E-state index contributed by atoms with van der Waals surface area (Å²) in [6.07, 6.45) is 6.96. The number of rotatable bonds is 8. The van der Waals surface area contributed by atoms with Crippen molar-refractivity contribution in [3.8, 4) is 5.75 Å². The minimum atomic E-state index is -0.544. The van der Waals surface area contributed by atoms with Crippen molar-refractivity contribution in [3.63, 3.8) is 0 Å². The first kappa shape index (κ1) is 17.5. The summed E-state index contributed by atoms with van der Waals surface area (Å²) in [6.45, 7) is 2.00. The van der Waals surface area contributed by atoms with E-state index in [4.69, 9.17) is 9.47 Å². The molecule has 0 unspecified atom stereocenters. The Labute approximate surface area is 130 Å². The molecular weight excluding hydrogens is 282 g/mol. The molecule has 0 aliphatic rings. The Kier molecular flexibility index (Phi) is 8.12. The van der Waals surface area contributed by atoms with Crippen molar-refractivity contribution >= 4 is 11.9 Å². The summed E-state index contributed by atoms with van der Waals surface area (Å²) in [5.41, 5.74) is 1.01. The molecule has 0 saturated heterocycles. The van der Waals surface area contributed by atoms with E-state index in [0.29, 0.717) is 13.0 Å². The van der Waals surface area contributed by atoms with Crippen LogP contribution in [0.15, 0.2) is 48.6 Å². The van der Waals surface area contributed by atoms with Gasteiger partial charge in [-0.1, -0.05) is 36.4 Å². The number of hydrogen-bond acceptors (Lipinski definition) is 4. The Morgan fingerprint density at radius 1 is 1.23 bits per heavy atom. The molecular formula is C17H21NO4. The third-order valence-corrected chi connectivity index (χ3v) is 2.79. The number of nitrogens with one attached hydrogen (secondary N) is 1. The number of carbonyl (C=O) groups excluding carboxylic acids is 2. The quantitative estimate of drug-likeness (QED) is 0.453. The van der Waals surface area contributed by atoms with Gasteiger partial charge in [0.05, 0.1) is 7.11 Å². The van der Waals surface area contributed by atoms with E-state index in [0.717, 1.165) is 11.3 Å². The Bertz CT molecular complexity index is 549. The van der Waals surface area contributed by atoms with Gasteiger partial charge in [0.1, 0.15) is 5.75 Å². The summed E-state index contributed by atoms with van der Waals surface area (Å²) in [4.78, 5) is 22.8. The highest BCUT2D eigenvalue weighted by atomic mass is 16.5. The van der Waals surface area contributed by atoms with Crippen LogP contribution in [-0.2, 0) is 20.7 Å². The van der Waals surface area contributed by atoms with Gasteiger partial charge in [-0.15, -0.1) is 0 Å². The summed E-state index contributed by atoms with van der Waals surface area (Å²) >= 11 is 0. The number of esters is 1. The van der Waals surface area contributed by atoms with Crippen LogP contribution in [0.1, 0.15) is 12.5 Å². The topological polar surface area (TPSA) is 64.6 Å². The first-order valence-corrected chi connectivity index (χ1v) is 7.02. The Morgan fingerprint density at radius 3 is 2.73 bits per heavy atom. The lowest BCUT2D eigenvalue weighted by Gasteiger charge is -2.09. The molecule has 0 fully saturated rings. The van der Waals surface area contributed by atoms with Crippen molar-refractivity contribution in [1.29, 1.82) is 0 Å². The van der Waals surface area contributed by atoms with Gasteiger partial charge in [0.15, 0.2) is 6.61 Å². The summed E-state index contributed by atoms with van der Waals surface area (Å²) in [5.74, 6) is -0.0852. The molecule has 118 valence electrons. The summed E-state index contributed by atoms with van der Waals surface area (Å²) in [5, 5.41) is 2.70. The second kappa shape index (κ2) is 10.2. The monoisotopic (exact) mass is 303 g/mol. The van der Waals surface area contributed by atoms with Crippen LogP contribution in [0.2, 0.25) is 0 Å². The first-order chi connectivity index (χ1) is 10.7. The molecule has 0 aromatic heterocycles. The molecule has 1 aromatic rings. The molecule has 0 aliphatic heterocycles. The van der Waals surface area contributed by atoms with Crippen molar-refractivity contribution in [2.24, 2.45) is 0 Å². The Balaban J connectivity index is 2.27. The lowest BCUT2D eigenvalue weighted by atomic mass is 10.1. The second-order valence-corrected chi connectivity index (χ2v) is 4.40. The fraction of sp³-hybridized carbons (Fsp3) is 0.294. The zero-order valence-corrected chi connectivity index (χ0v) is 12.9. The van der Waals surface area contributed by atoms with E-state index < -0.39 is 5.97 Å². The van der Waals surface area contributed by atoms with Gasteiger partial charge in [0, 0.05) is 12.6 Å². The number of para-hydroxylation sites is 1. The maximum absolute atomic E-state index is 11.6. The lowest BCUT2D eigenvalue weighted by Crippen LogP contribution is -2.30. The zero-order chi connectivity index (χ0) is 16.2. The van der Waals surface area contributed by atoms with E-state index in [-0.39, 0.29) is 12.5 Å². The molecule has 1 N–H and O–H groups in total. The van der Waals surface area contributed by atoms with Crippen molar-refractivity contribution in [1.82, 2.24) is 5.32 Å². The zero-order valence-electron chi connectivity index (χ0n) is 12.9. The first-order valence-electron chi connectivity index (χ1n) is 7.02. The van der Waals surface area contributed by atoms with E-state index >= 15 is 0 Å². The van der Waals surface area contributed by atoms with E-state index in [1.165, 1.54) is 6.08 Å². The minimum Gasteiger partial charge on any atom is -0.496 e. The van der Waals surface area contributed by atoms with Gasteiger partial charge in [-0.2, -0.15) is 0 Å². The molecule has 0 bridgehead atoms. The fourth-order valence-electron chi connectivity index (χ4n) is 1.73. The molecule has 0 saturated carbocycles. The van der Waals surface area contributed by atoms with E-state index in [1.54, 1.807) is 25.3 Å². The Hall–Kier alpha value is -2.56. The van der Waals surface area contributed by atoms with Crippen LogP contribution >= 0.6 is 0 Å². The normalized spacial score (nSPS) is 10.8. The standard InChI is InChI=1S/C17H21NO4/c1-3-4-5-10-17(20)22-13-16(19)18-12-11-14-8-6-7-9-15(14)21-2/h3-10H,11-13H2,1-2H3,(H,18,19)/b4-3+,10-5+. The predicted octanol–water partition coefficient (Wildman–Crippen LogP) is 2.03. The van der Waals surface area contributed by atoms with Crippen LogP contribution in [0.3, 0.4) is 0 Å². The van der Waals surface area contributed by atoms with E-state index in [1.807, 2.05) is 31.2 Å². The van der Waals surface area contributed by atoms with E-state index in [9.17, 15) is 9.59 Å². The van der Waals surface area contributed by atoms with Crippen LogP contribution in [-0.4, -0.2) is 32.1 Å². The summed E-state index contributed by atoms with van der Waals surface area (Å²) in [7, 11) is 1.61. The van der Waals surface area contributed by atoms with Crippen molar-refractivity contribution in [2.75, 3.05) is 20.3 Å². The number of methoxy groups -OCH3 is 1. The number of benzene rings is 1. The van der Waals surface area contributed by atoms with Crippen LogP contribution in [0.5, 0.6) is 5.75 Å². The minimum absolute atomic E-state index is 0.287. The molecule has 22 heavy (non-hydrogen) atoms. The van der Waals surface area contributed by atoms with E-state index in [2.05, 4.69) is 5.32 Å². The Morgan fingerprint density at radius 2 is 2.00 bits per heavy atom. The molecule has 0 radical (unpaired) electrons. The van der Waals surface area contributed by atoms with Gasteiger partial charge in [-0.05, 0) is 25.0 Å². The highest BCUT2D eigenvalue weighted by molar-refractivity contribution is 5.85. The van der Waals surface area contributed by atoms with Crippen LogP contribution in [0, 0.1) is 0 Å². The molecule has 1 amide bonds. The smallest absolute Gasteiger partial charge is 0.331 e. The number of allylic oxidation sites excluding steroid dienone is 3. The average Bonchev–Trinajstić information content (AvgIpc) is 2.53.